The van der Waals surface area contributed by atoms with Crippen LogP contribution < -0.4 is 15.2 Å². The molecule has 0 bridgehead atoms. The number of methoxy groups -OCH3 is 1. The molecule has 0 unspecified atom stereocenters. The lowest BCUT2D eigenvalue weighted by Crippen LogP contribution is -2.35. The van der Waals surface area contributed by atoms with E-state index in [2.05, 4.69) is 9.46 Å². The van der Waals surface area contributed by atoms with E-state index in [4.69, 9.17) is 5.73 Å². The Labute approximate surface area is 99.1 Å². The highest BCUT2D eigenvalue weighted by molar-refractivity contribution is 7.91. The van der Waals surface area contributed by atoms with Crippen molar-refractivity contribution >= 4 is 27.7 Å². The largest absolute Gasteiger partial charge is 0.452 e. The monoisotopic (exact) mass is 259 g/mol. The minimum Gasteiger partial charge on any atom is -0.452 e. The standard InChI is InChI=1S/C9H13N3O4S/c1-6-3-4-7(5-8(6)10)11-17(14,15)12-9(13)16-2/h3-5,11H,10H2,1-2H3,(H,12,13). The van der Waals surface area contributed by atoms with Crippen molar-refractivity contribution in [2.45, 2.75) is 6.92 Å². The van der Waals surface area contributed by atoms with Gasteiger partial charge in [0.1, 0.15) is 0 Å². The Bertz CT molecular complexity index is 527. The van der Waals surface area contributed by atoms with Crippen molar-refractivity contribution in [2.24, 2.45) is 0 Å². The molecule has 94 valence electrons. The molecule has 0 atom stereocenters. The van der Waals surface area contributed by atoms with Gasteiger partial charge in [0.05, 0.1) is 12.8 Å². The summed E-state index contributed by atoms with van der Waals surface area (Å²) in [7, 11) is -2.94. The SMILES string of the molecule is COC(=O)NS(=O)(=O)Nc1ccc(C)c(N)c1. The average Bonchev–Trinajstić information content (AvgIpc) is 2.22. The predicted molar refractivity (Wildman–Crippen MR) is 63.7 cm³/mol. The third kappa shape index (κ3) is 3.83. The van der Waals surface area contributed by atoms with Crippen molar-refractivity contribution in [1.82, 2.24) is 4.72 Å². The number of hydrogen-bond donors (Lipinski definition) is 3. The molecule has 0 aromatic heterocycles. The summed E-state index contributed by atoms with van der Waals surface area (Å²) in [5.41, 5.74) is 7.15. The first-order chi connectivity index (χ1) is 7.84. The molecule has 8 heteroatoms. The fourth-order valence-corrected chi connectivity index (χ4v) is 1.83. The van der Waals surface area contributed by atoms with E-state index < -0.39 is 16.3 Å². The molecule has 1 aromatic rings. The van der Waals surface area contributed by atoms with E-state index in [1.807, 2.05) is 0 Å². The van der Waals surface area contributed by atoms with Crippen molar-refractivity contribution in [2.75, 3.05) is 17.6 Å². The summed E-state index contributed by atoms with van der Waals surface area (Å²) < 4.78 is 30.8. The Morgan fingerprint density at radius 2 is 2.06 bits per heavy atom. The fraction of sp³-hybridized carbons (Fsp3) is 0.222. The molecule has 1 amide bonds. The zero-order valence-corrected chi connectivity index (χ0v) is 10.2. The van der Waals surface area contributed by atoms with Crippen LogP contribution in [0.25, 0.3) is 0 Å². The van der Waals surface area contributed by atoms with Crippen LogP contribution in [0.5, 0.6) is 0 Å². The molecule has 17 heavy (non-hydrogen) atoms. The molecule has 4 N–H and O–H groups in total. The lowest BCUT2D eigenvalue weighted by Gasteiger charge is -2.09. The topological polar surface area (TPSA) is 111 Å². The van der Waals surface area contributed by atoms with Crippen molar-refractivity contribution < 1.29 is 17.9 Å². The molecule has 0 aliphatic heterocycles. The zero-order chi connectivity index (χ0) is 13.1. The van der Waals surface area contributed by atoms with Crippen LogP contribution in [0, 0.1) is 6.92 Å². The number of carbonyl (C=O) groups is 1. The number of rotatable bonds is 3. The van der Waals surface area contributed by atoms with Crippen LogP contribution in [0.2, 0.25) is 0 Å². The minimum atomic E-state index is -4.01. The van der Waals surface area contributed by atoms with Gasteiger partial charge in [0, 0.05) is 5.69 Å². The smallest absolute Gasteiger partial charge is 0.422 e. The van der Waals surface area contributed by atoms with Crippen LogP contribution in [0.1, 0.15) is 5.56 Å². The quantitative estimate of drug-likeness (QED) is 0.688. The molecule has 0 spiro atoms. The van der Waals surface area contributed by atoms with Crippen LogP contribution in [-0.2, 0) is 14.9 Å². The summed E-state index contributed by atoms with van der Waals surface area (Å²) in [6.45, 7) is 1.79. The lowest BCUT2D eigenvalue weighted by molar-refractivity contribution is 0.177. The number of benzene rings is 1. The third-order valence-corrected chi connectivity index (χ3v) is 2.87. The van der Waals surface area contributed by atoms with Gasteiger partial charge in [0.25, 0.3) is 0 Å². The number of carbonyl (C=O) groups excluding carboxylic acids is 1. The number of anilines is 2. The molecule has 1 rings (SSSR count). The maximum atomic E-state index is 11.4. The van der Waals surface area contributed by atoms with E-state index in [1.54, 1.807) is 17.7 Å². The molecule has 0 saturated heterocycles. The summed E-state index contributed by atoms with van der Waals surface area (Å²) in [6.07, 6.45) is -1.07. The van der Waals surface area contributed by atoms with E-state index in [0.717, 1.165) is 12.7 Å². The van der Waals surface area contributed by atoms with Gasteiger partial charge in [-0.05, 0) is 24.6 Å². The molecule has 0 saturated carbocycles. The molecule has 0 aliphatic carbocycles. The van der Waals surface area contributed by atoms with Gasteiger partial charge in [-0.2, -0.15) is 8.42 Å². The number of ether oxygens (including phenoxy) is 1. The third-order valence-electron chi connectivity index (χ3n) is 1.93. The number of nitrogens with two attached hydrogens (primary N) is 1. The zero-order valence-electron chi connectivity index (χ0n) is 9.35. The van der Waals surface area contributed by atoms with Crippen LogP contribution >= 0.6 is 0 Å². The van der Waals surface area contributed by atoms with Crippen LogP contribution in [0.15, 0.2) is 18.2 Å². The number of nitrogen functional groups attached to an aromatic ring is 1. The van der Waals surface area contributed by atoms with Crippen LogP contribution in [0.3, 0.4) is 0 Å². The summed E-state index contributed by atoms with van der Waals surface area (Å²) in [5, 5.41) is 0. The highest BCUT2D eigenvalue weighted by atomic mass is 32.2. The number of nitrogens with one attached hydrogen (secondary N) is 2. The molecule has 0 fully saturated rings. The lowest BCUT2D eigenvalue weighted by atomic mass is 10.2. The van der Waals surface area contributed by atoms with Crippen molar-refractivity contribution in [3.8, 4) is 0 Å². The molecular formula is C9H13N3O4S. The normalized spacial score (nSPS) is 10.7. The Balaban J connectivity index is 2.83. The van der Waals surface area contributed by atoms with Crippen molar-refractivity contribution in [1.29, 1.82) is 0 Å². The van der Waals surface area contributed by atoms with Gasteiger partial charge < -0.3 is 10.5 Å². The summed E-state index contributed by atoms with van der Waals surface area (Å²) in [4.78, 5) is 10.8. The van der Waals surface area contributed by atoms with Crippen LogP contribution in [0.4, 0.5) is 16.2 Å². The molecule has 1 aromatic carbocycles. The van der Waals surface area contributed by atoms with Gasteiger partial charge in [0.15, 0.2) is 0 Å². The first-order valence-corrected chi connectivity index (χ1v) is 6.07. The summed E-state index contributed by atoms with van der Waals surface area (Å²) in [6, 6.07) is 4.64. The van der Waals surface area contributed by atoms with Crippen molar-refractivity contribution in [3.05, 3.63) is 23.8 Å². The highest BCUT2D eigenvalue weighted by Gasteiger charge is 2.14. The van der Waals surface area contributed by atoms with Gasteiger partial charge in [-0.15, -0.1) is 0 Å². The maximum absolute atomic E-state index is 11.4. The second-order valence-corrected chi connectivity index (χ2v) is 4.69. The van der Waals surface area contributed by atoms with E-state index in [1.165, 1.54) is 12.1 Å². The second-order valence-electron chi connectivity index (χ2n) is 3.27. The molecular weight excluding hydrogens is 246 g/mol. The molecule has 0 aliphatic rings. The first-order valence-electron chi connectivity index (χ1n) is 4.58. The first kappa shape index (κ1) is 13.1. The van der Waals surface area contributed by atoms with E-state index in [-0.39, 0.29) is 5.69 Å². The Hall–Kier alpha value is -1.96. The van der Waals surface area contributed by atoms with E-state index >= 15 is 0 Å². The fourth-order valence-electron chi connectivity index (χ4n) is 1.04. The summed E-state index contributed by atoms with van der Waals surface area (Å²) in [5.74, 6) is 0. The van der Waals surface area contributed by atoms with E-state index in [0.29, 0.717) is 5.69 Å². The van der Waals surface area contributed by atoms with Gasteiger partial charge in [0.2, 0.25) is 0 Å². The number of hydrogen-bond acceptors (Lipinski definition) is 5. The Kier molecular flexibility index (Phi) is 3.79. The maximum Gasteiger partial charge on any atom is 0.422 e. The number of aryl methyl sites for hydroxylation is 1. The van der Waals surface area contributed by atoms with Gasteiger partial charge in [-0.1, -0.05) is 6.07 Å². The van der Waals surface area contributed by atoms with Gasteiger partial charge in [-0.3, -0.25) is 4.72 Å². The highest BCUT2D eigenvalue weighted by Crippen LogP contribution is 2.17. The molecule has 7 nitrogen and oxygen atoms in total. The van der Waals surface area contributed by atoms with Crippen molar-refractivity contribution in [3.63, 3.8) is 0 Å². The number of amides is 1. The molecule has 0 heterocycles. The van der Waals surface area contributed by atoms with E-state index in [9.17, 15) is 13.2 Å². The second kappa shape index (κ2) is 4.91. The van der Waals surface area contributed by atoms with Crippen LogP contribution in [-0.4, -0.2) is 21.6 Å². The Morgan fingerprint density at radius 3 is 2.59 bits per heavy atom. The molecule has 0 radical (unpaired) electrons. The van der Waals surface area contributed by atoms with Gasteiger partial charge in [-0.25, -0.2) is 9.52 Å². The predicted octanol–water partition coefficient (Wildman–Crippen LogP) is 0.590. The minimum absolute atomic E-state index is 0.254. The van der Waals surface area contributed by atoms with Gasteiger partial charge >= 0.3 is 16.3 Å². The summed E-state index contributed by atoms with van der Waals surface area (Å²) >= 11 is 0. The Morgan fingerprint density at radius 1 is 1.41 bits per heavy atom. The average molecular weight is 259 g/mol.